The monoisotopic (exact) mass is 410 g/mol. The van der Waals surface area contributed by atoms with Crippen LogP contribution in [0.4, 0.5) is 0 Å². The number of nitrogens with zero attached hydrogens (tertiary/aromatic N) is 2. The van der Waals surface area contributed by atoms with Gasteiger partial charge in [-0.2, -0.15) is 0 Å². The van der Waals surface area contributed by atoms with E-state index < -0.39 is 0 Å². The average Bonchev–Trinajstić information content (AvgIpc) is 2.77. The fourth-order valence-electron chi connectivity index (χ4n) is 1.73. The van der Waals surface area contributed by atoms with Gasteiger partial charge in [-0.25, -0.2) is 4.98 Å². The minimum Gasteiger partial charge on any atom is -0.354 e. The highest BCUT2D eigenvalue weighted by Crippen LogP contribution is 2.10. The third-order valence-corrected chi connectivity index (χ3v) is 3.77. The minimum atomic E-state index is 0. The van der Waals surface area contributed by atoms with Crippen molar-refractivity contribution in [3.63, 3.8) is 0 Å². The van der Waals surface area contributed by atoms with E-state index in [2.05, 4.69) is 48.3 Å². The first kappa shape index (κ1) is 19.6. The molecule has 0 spiro atoms. The Morgan fingerprint density at radius 1 is 1.35 bits per heavy atom. The third-order valence-electron chi connectivity index (χ3n) is 2.86. The van der Waals surface area contributed by atoms with Crippen LogP contribution < -0.4 is 10.6 Å². The maximum absolute atomic E-state index is 4.33. The Kier molecular flexibility index (Phi) is 10.2. The summed E-state index contributed by atoms with van der Waals surface area (Å²) in [5.41, 5.74) is 0. The molecule has 0 saturated heterocycles. The standard InChI is InChI=1S/C14H26N4S.HI/c1-10(2)6-7-11(3)18-14(15-5)17-9-13-16-8-12(4)19-13;/h8,10-11H,6-7,9H2,1-5H3,(H2,15,17,18);1H. The van der Waals surface area contributed by atoms with Crippen molar-refractivity contribution in [1.29, 1.82) is 0 Å². The Morgan fingerprint density at radius 2 is 2.05 bits per heavy atom. The Hall–Kier alpha value is -0.370. The van der Waals surface area contributed by atoms with Gasteiger partial charge in [-0.15, -0.1) is 35.3 Å². The van der Waals surface area contributed by atoms with Crippen LogP contribution in [-0.2, 0) is 6.54 Å². The first-order chi connectivity index (χ1) is 9.01. The molecule has 0 fully saturated rings. The Labute approximate surface area is 143 Å². The van der Waals surface area contributed by atoms with Gasteiger partial charge in [-0.1, -0.05) is 13.8 Å². The van der Waals surface area contributed by atoms with Crippen molar-refractivity contribution in [2.75, 3.05) is 7.05 Å². The molecule has 0 radical (unpaired) electrons. The van der Waals surface area contributed by atoms with Crippen LogP contribution >= 0.6 is 35.3 Å². The number of hydrogen-bond donors (Lipinski definition) is 2. The summed E-state index contributed by atoms with van der Waals surface area (Å²) in [7, 11) is 1.80. The van der Waals surface area contributed by atoms with E-state index in [9.17, 15) is 0 Å². The molecule has 1 aromatic heterocycles. The fourth-order valence-corrected chi connectivity index (χ4v) is 2.45. The van der Waals surface area contributed by atoms with Gasteiger partial charge in [-0.05, 0) is 32.6 Å². The summed E-state index contributed by atoms with van der Waals surface area (Å²) in [5, 5.41) is 7.81. The first-order valence-electron chi connectivity index (χ1n) is 6.89. The number of halogens is 1. The van der Waals surface area contributed by atoms with Crippen LogP contribution in [0.25, 0.3) is 0 Å². The molecule has 0 aliphatic heterocycles. The van der Waals surface area contributed by atoms with Crippen molar-refractivity contribution in [3.05, 3.63) is 16.1 Å². The van der Waals surface area contributed by atoms with Crippen molar-refractivity contribution >= 4 is 41.3 Å². The molecule has 1 atom stereocenters. The number of aryl methyl sites for hydroxylation is 1. The predicted molar refractivity (Wildman–Crippen MR) is 99.1 cm³/mol. The molecule has 4 nitrogen and oxygen atoms in total. The highest BCUT2D eigenvalue weighted by atomic mass is 127. The highest BCUT2D eigenvalue weighted by Gasteiger charge is 2.07. The maximum Gasteiger partial charge on any atom is 0.191 e. The summed E-state index contributed by atoms with van der Waals surface area (Å²) < 4.78 is 0. The van der Waals surface area contributed by atoms with Crippen LogP contribution in [0.3, 0.4) is 0 Å². The fraction of sp³-hybridized carbons (Fsp3) is 0.714. The third kappa shape index (κ3) is 8.04. The van der Waals surface area contributed by atoms with Crippen LogP contribution in [0.1, 0.15) is 43.5 Å². The molecular formula is C14H27IN4S. The topological polar surface area (TPSA) is 49.3 Å². The summed E-state index contributed by atoms with van der Waals surface area (Å²) >= 11 is 1.72. The summed E-state index contributed by atoms with van der Waals surface area (Å²) in [6.45, 7) is 9.51. The van der Waals surface area contributed by atoms with Crippen LogP contribution in [-0.4, -0.2) is 24.0 Å². The van der Waals surface area contributed by atoms with E-state index in [0.29, 0.717) is 6.04 Å². The number of rotatable bonds is 6. The Balaban J connectivity index is 0.00000361. The number of guanidine groups is 1. The van der Waals surface area contributed by atoms with E-state index in [4.69, 9.17) is 0 Å². The van der Waals surface area contributed by atoms with Gasteiger partial charge < -0.3 is 10.6 Å². The zero-order valence-electron chi connectivity index (χ0n) is 13.1. The summed E-state index contributed by atoms with van der Waals surface area (Å²) in [4.78, 5) is 9.82. The highest BCUT2D eigenvalue weighted by molar-refractivity contribution is 14.0. The van der Waals surface area contributed by atoms with Gasteiger partial charge in [0.1, 0.15) is 5.01 Å². The van der Waals surface area contributed by atoms with Crippen molar-refractivity contribution < 1.29 is 0 Å². The Morgan fingerprint density at radius 3 is 2.55 bits per heavy atom. The van der Waals surface area contributed by atoms with E-state index in [1.54, 1.807) is 18.4 Å². The molecular weight excluding hydrogens is 383 g/mol. The Bertz CT molecular complexity index is 404. The van der Waals surface area contributed by atoms with Crippen molar-refractivity contribution in [1.82, 2.24) is 15.6 Å². The lowest BCUT2D eigenvalue weighted by molar-refractivity contribution is 0.489. The number of thiazole rings is 1. The van der Waals surface area contributed by atoms with E-state index in [-0.39, 0.29) is 24.0 Å². The van der Waals surface area contributed by atoms with Gasteiger partial charge in [0.2, 0.25) is 0 Å². The number of aliphatic imine (C=N–C) groups is 1. The maximum atomic E-state index is 4.33. The van der Waals surface area contributed by atoms with Crippen LogP contribution in [0.2, 0.25) is 0 Å². The molecule has 0 bridgehead atoms. The van der Waals surface area contributed by atoms with Crippen molar-refractivity contribution in [3.8, 4) is 0 Å². The van der Waals surface area contributed by atoms with E-state index in [0.717, 1.165) is 29.9 Å². The molecule has 20 heavy (non-hydrogen) atoms. The summed E-state index contributed by atoms with van der Waals surface area (Å²) in [5.74, 6) is 1.60. The smallest absolute Gasteiger partial charge is 0.191 e. The largest absolute Gasteiger partial charge is 0.354 e. The van der Waals surface area contributed by atoms with Crippen LogP contribution in [0, 0.1) is 12.8 Å². The van der Waals surface area contributed by atoms with E-state index >= 15 is 0 Å². The molecule has 0 aliphatic rings. The molecule has 1 rings (SSSR count). The molecule has 1 heterocycles. The molecule has 1 aromatic rings. The van der Waals surface area contributed by atoms with Crippen LogP contribution in [0.15, 0.2) is 11.2 Å². The molecule has 116 valence electrons. The second-order valence-corrected chi connectivity index (χ2v) is 6.63. The lowest BCUT2D eigenvalue weighted by atomic mass is 10.0. The molecule has 0 aliphatic carbocycles. The SMILES string of the molecule is CN=C(NCc1ncc(C)s1)NC(C)CCC(C)C.I. The normalized spacial score (nSPS) is 13.0. The van der Waals surface area contributed by atoms with Gasteiger partial charge in [-0.3, -0.25) is 4.99 Å². The van der Waals surface area contributed by atoms with Gasteiger partial charge >= 0.3 is 0 Å². The lowest BCUT2D eigenvalue weighted by Crippen LogP contribution is -2.41. The van der Waals surface area contributed by atoms with Gasteiger partial charge in [0, 0.05) is 24.2 Å². The van der Waals surface area contributed by atoms with Crippen LogP contribution in [0.5, 0.6) is 0 Å². The van der Waals surface area contributed by atoms with E-state index in [1.807, 2.05) is 6.20 Å². The molecule has 0 aromatic carbocycles. The molecule has 2 N–H and O–H groups in total. The number of nitrogens with one attached hydrogen (secondary N) is 2. The van der Waals surface area contributed by atoms with Gasteiger partial charge in [0.15, 0.2) is 5.96 Å². The first-order valence-corrected chi connectivity index (χ1v) is 7.71. The molecule has 1 unspecified atom stereocenters. The summed E-state index contributed by atoms with van der Waals surface area (Å²) in [6, 6.07) is 0.437. The summed E-state index contributed by atoms with van der Waals surface area (Å²) in [6.07, 6.45) is 4.30. The molecule has 0 saturated carbocycles. The predicted octanol–water partition coefficient (Wildman–Crippen LogP) is 3.56. The minimum absolute atomic E-state index is 0. The van der Waals surface area contributed by atoms with Crippen molar-refractivity contribution in [2.45, 2.75) is 53.1 Å². The number of hydrogen-bond acceptors (Lipinski definition) is 3. The second kappa shape index (κ2) is 10.4. The number of aromatic nitrogens is 1. The zero-order chi connectivity index (χ0) is 14.3. The van der Waals surface area contributed by atoms with Gasteiger partial charge in [0.25, 0.3) is 0 Å². The average molecular weight is 410 g/mol. The van der Waals surface area contributed by atoms with Crippen molar-refractivity contribution in [2.24, 2.45) is 10.9 Å². The molecule has 6 heteroatoms. The molecule has 0 amide bonds. The van der Waals surface area contributed by atoms with Gasteiger partial charge in [0.05, 0.1) is 6.54 Å². The van der Waals surface area contributed by atoms with E-state index in [1.165, 1.54) is 11.3 Å². The lowest BCUT2D eigenvalue weighted by Gasteiger charge is -2.18. The second-order valence-electron chi connectivity index (χ2n) is 5.31. The quantitative estimate of drug-likeness (QED) is 0.428. The zero-order valence-corrected chi connectivity index (χ0v) is 16.2.